The fourth-order valence-electron chi connectivity index (χ4n) is 13.4. The molecule has 0 fully saturated rings. The molecule has 6 aromatic heterocycles. The topological polar surface area (TPSA) is 0 Å². The molecule has 0 saturated heterocycles. The van der Waals surface area contributed by atoms with Crippen LogP contribution in [-0.2, 0) is 38.5 Å². The van der Waals surface area contributed by atoms with Crippen LogP contribution < -0.4 is 0 Å². The summed E-state index contributed by atoms with van der Waals surface area (Å²) in [5.74, 6) is 0. The molecule has 0 aliphatic rings. The molecular formula is C78H122S6. The first-order valence-electron chi connectivity index (χ1n) is 35.7. The van der Waals surface area contributed by atoms with E-state index in [1.54, 1.807) is 104 Å². The second-order valence-corrected chi connectivity index (χ2v) is 31.9. The van der Waals surface area contributed by atoms with Crippen molar-refractivity contribution < 1.29 is 0 Å². The Bertz CT molecular complexity index is 2560. The molecule has 0 atom stereocenters. The first-order valence-corrected chi connectivity index (χ1v) is 40.7. The lowest BCUT2D eigenvalue weighted by Gasteiger charge is -2.09. The molecule has 0 spiro atoms. The van der Waals surface area contributed by atoms with Gasteiger partial charge < -0.3 is 0 Å². The van der Waals surface area contributed by atoms with Gasteiger partial charge in [-0.1, -0.05) is 234 Å². The van der Waals surface area contributed by atoms with Gasteiger partial charge in [0.25, 0.3) is 0 Å². The van der Waals surface area contributed by atoms with Crippen molar-refractivity contribution in [3.63, 3.8) is 0 Å². The molecule has 0 aliphatic carbocycles. The van der Waals surface area contributed by atoms with Crippen molar-refractivity contribution >= 4 is 68.0 Å². The largest absolute Gasteiger partial charge is 0.142 e. The molecule has 0 aromatic carbocycles. The Labute approximate surface area is 542 Å². The van der Waals surface area contributed by atoms with Gasteiger partial charge in [0.1, 0.15) is 0 Å². The molecule has 6 heteroatoms. The van der Waals surface area contributed by atoms with Gasteiger partial charge in [-0.15, -0.1) is 68.0 Å². The van der Waals surface area contributed by atoms with E-state index < -0.39 is 0 Å². The molecule has 0 unspecified atom stereocenters. The lowest BCUT2D eigenvalue weighted by atomic mass is 9.95. The minimum Gasteiger partial charge on any atom is -0.142 e. The molecule has 0 saturated carbocycles. The van der Waals surface area contributed by atoms with Gasteiger partial charge in [-0.05, 0) is 196 Å². The van der Waals surface area contributed by atoms with Crippen molar-refractivity contribution in [3.8, 4) is 48.8 Å². The molecule has 6 rings (SSSR count). The third-order valence-corrected chi connectivity index (χ3v) is 27.4. The second kappa shape index (κ2) is 40.0. The molecule has 0 N–H and O–H groups in total. The van der Waals surface area contributed by atoms with Crippen LogP contribution in [0.15, 0.2) is 10.8 Å². The van der Waals surface area contributed by atoms with Crippen LogP contribution in [0.1, 0.15) is 339 Å². The van der Waals surface area contributed by atoms with E-state index in [-0.39, 0.29) is 0 Å². The zero-order valence-corrected chi connectivity index (χ0v) is 61.2. The van der Waals surface area contributed by atoms with Crippen LogP contribution in [0.2, 0.25) is 0 Å². The number of unbranched alkanes of at least 4 members (excludes halogenated alkanes) is 30. The van der Waals surface area contributed by atoms with Crippen molar-refractivity contribution in [2.75, 3.05) is 0 Å². The van der Waals surface area contributed by atoms with Crippen molar-refractivity contribution in [2.24, 2.45) is 0 Å². The van der Waals surface area contributed by atoms with Crippen LogP contribution in [0.3, 0.4) is 0 Å². The van der Waals surface area contributed by atoms with E-state index in [0.29, 0.717) is 0 Å². The lowest BCUT2D eigenvalue weighted by molar-refractivity contribution is 0.607. The van der Waals surface area contributed by atoms with Crippen molar-refractivity contribution in [3.05, 3.63) is 77.5 Å². The van der Waals surface area contributed by atoms with Gasteiger partial charge in [0, 0.05) is 48.8 Å². The van der Waals surface area contributed by atoms with Gasteiger partial charge in [-0.25, -0.2) is 0 Å². The molecule has 0 nitrogen and oxygen atoms in total. The zero-order chi connectivity index (χ0) is 60.1. The van der Waals surface area contributed by atoms with Crippen LogP contribution >= 0.6 is 68.0 Å². The minimum absolute atomic E-state index is 1.20. The van der Waals surface area contributed by atoms with Gasteiger partial charge >= 0.3 is 0 Å². The van der Waals surface area contributed by atoms with E-state index in [2.05, 4.69) is 162 Å². The third-order valence-electron chi connectivity index (χ3n) is 19.0. The zero-order valence-electron chi connectivity index (χ0n) is 56.3. The molecule has 470 valence electrons. The average molecular weight is 1250 g/mol. The summed E-state index contributed by atoms with van der Waals surface area (Å²) in [7, 11) is 0. The van der Waals surface area contributed by atoms with E-state index >= 15 is 0 Å². The lowest BCUT2D eigenvalue weighted by Crippen LogP contribution is -1.94. The average Bonchev–Trinajstić information content (AvgIpc) is 2.12. The Morgan fingerprint density at radius 1 is 0.202 bits per heavy atom. The van der Waals surface area contributed by atoms with Crippen LogP contribution in [0.4, 0.5) is 0 Å². The fraction of sp³-hybridized carbons (Fsp3) is 0.692. The third kappa shape index (κ3) is 20.6. The highest BCUT2D eigenvalue weighted by atomic mass is 32.1. The van der Waals surface area contributed by atoms with E-state index in [9.17, 15) is 0 Å². The van der Waals surface area contributed by atoms with Gasteiger partial charge in [-0.2, -0.15) is 0 Å². The van der Waals surface area contributed by atoms with E-state index in [4.69, 9.17) is 0 Å². The molecule has 0 aliphatic heterocycles. The number of hydrogen-bond acceptors (Lipinski definition) is 6. The van der Waals surface area contributed by atoms with Crippen molar-refractivity contribution in [1.82, 2.24) is 0 Å². The van der Waals surface area contributed by atoms with Crippen LogP contribution in [-0.4, -0.2) is 0 Å². The first kappa shape index (κ1) is 71.3. The quantitative estimate of drug-likeness (QED) is 0.0334. The summed E-state index contributed by atoms with van der Waals surface area (Å²) in [6, 6.07) is 0. The molecule has 0 amide bonds. The normalized spacial score (nSPS) is 11.9. The summed E-state index contributed by atoms with van der Waals surface area (Å²) in [5, 5.41) is 5.01. The molecule has 0 radical (unpaired) electrons. The minimum atomic E-state index is 1.20. The van der Waals surface area contributed by atoms with Gasteiger partial charge in [0.2, 0.25) is 0 Å². The predicted molar refractivity (Wildman–Crippen MR) is 392 cm³/mol. The predicted octanol–water partition coefficient (Wildman–Crippen LogP) is 29.7. The van der Waals surface area contributed by atoms with E-state index in [1.165, 1.54) is 281 Å². The number of rotatable bonds is 47. The SMILES string of the molecule is CCCCCCCCc1c(C)csc1-c1sc(-c2sc(-c3sc(-c4sc(-c5scc(C)c5CCCCCCCC)c(CCCCCCCC)c4C)c(C)c3CCCCCCCC)c(CCCCCCCC)c2C)c(C)c1CCCCCCCC. The Kier molecular flexibility index (Phi) is 34.0. The molecule has 6 heterocycles. The van der Waals surface area contributed by atoms with Crippen LogP contribution in [0, 0.1) is 41.5 Å². The number of hydrogen-bond donors (Lipinski definition) is 0. The number of aryl methyl sites for hydroxylation is 2. The Morgan fingerprint density at radius 2 is 0.381 bits per heavy atom. The monoisotopic (exact) mass is 1250 g/mol. The summed E-state index contributed by atoms with van der Waals surface area (Å²) in [6.07, 6.45) is 55.9. The maximum absolute atomic E-state index is 2.57. The molecular weight excluding hydrogens is 1130 g/mol. The first-order chi connectivity index (χ1) is 41.1. The highest BCUT2D eigenvalue weighted by Gasteiger charge is 2.30. The summed E-state index contributed by atoms with van der Waals surface area (Å²) in [5.41, 5.74) is 19.5. The fourth-order valence-corrected chi connectivity index (χ4v) is 22.1. The van der Waals surface area contributed by atoms with Gasteiger partial charge in [0.05, 0.1) is 0 Å². The summed E-state index contributed by atoms with van der Waals surface area (Å²) < 4.78 is 0. The van der Waals surface area contributed by atoms with Crippen molar-refractivity contribution in [2.45, 2.75) is 353 Å². The summed E-state index contributed by atoms with van der Waals surface area (Å²) in [6.45, 7) is 29.2. The van der Waals surface area contributed by atoms with Crippen LogP contribution in [0.25, 0.3) is 48.8 Å². The highest BCUT2D eigenvalue weighted by molar-refractivity contribution is 7.31. The van der Waals surface area contributed by atoms with Crippen LogP contribution in [0.5, 0.6) is 0 Å². The van der Waals surface area contributed by atoms with Gasteiger partial charge in [0.15, 0.2) is 0 Å². The van der Waals surface area contributed by atoms with Crippen molar-refractivity contribution in [1.29, 1.82) is 0 Å². The Hall–Kier alpha value is -1.80. The van der Waals surface area contributed by atoms with E-state index in [1.807, 2.05) is 0 Å². The smallest absolute Gasteiger partial charge is 0.0487 e. The molecule has 6 aromatic rings. The molecule has 0 bridgehead atoms. The molecule has 84 heavy (non-hydrogen) atoms. The summed E-state index contributed by atoms with van der Waals surface area (Å²) in [4.78, 5) is 16.1. The second-order valence-electron chi connectivity index (χ2n) is 26.0. The Morgan fingerprint density at radius 3 is 0.595 bits per heavy atom. The standard InChI is InChI=1S/C78H122S6/c1-13-19-25-31-37-43-49-63-57(7)55-79-73(63)75-65(51-45-39-33-27-21-15-3)59(9)69(81-75)71-61(11)67(53-47-41-35-29-23-17-5)77(83-71)78-68(54-48-42-36-30-24-18-6)62(12)72(84-78)70-60(10)66(52-46-40-34-28-22-16-4)76(82-70)74-64(58(8)56-80-74)50-44-38-32-26-20-14-2/h55-56H,13-54H2,1-12H3. The van der Waals surface area contributed by atoms with Gasteiger partial charge in [-0.3, -0.25) is 0 Å². The highest BCUT2D eigenvalue weighted by Crippen LogP contribution is 2.56. The maximum Gasteiger partial charge on any atom is 0.0487 e. The summed E-state index contributed by atoms with van der Waals surface area (Å²) >= 11 is 13.0. The maximum atomic E-state index is 2.57. The Balaban J connectivity index is 1.51. The number of thiophene rings is 6. The van der Waals surface area contributed by atoms with E-state index in [0.717, 1.165) is 0 Å².